The first-order valence-corrected chi connectivity index (χ1v) is 11.5. The zero-order valence-corrected chi connectivity index (χ0v) is 18.6. The summed E-state index contributed by atoms with van der Waals surface area (Å²) >= 11 is 0. The van der Waals surface area contributed by atoms with Gasteiger partial charge in [0.05, 0.1) is 5.92 Å². The highest BCUT2D eigenvalue weighted by Gasteiger charge is 2.30. The summed E-state index contributed by atoms with van der Waals surface area (Å²) < 4.78 is 14.0. The molecular weight excluding hydrogens is 415 g/mol. The highest BCUT2D eigenvalue weighted by atomic mass is 19.1. The van der Waals surface area contributed by atoms with Crippen LogP contribution in [0.4, 0.5) is 4.39 Å². The summed E-state index contributed by atoms with van der Waals surface area (Å²) in [6, 6.07) is 27.1. The third kappa shape index (κ3) is 5.86. The van der Waals surface area contributed by atoms with E-state index in [1.54, 1.807) is 23.1 Å². The standard InChI is InChI=1S/C28H29FN2O2/c29-26-14-8-7-13-23(26)19-31-20-24(15-16-27(31)32)28(33)30-18-17-25(21-9-3-1-4-10-21)22-11-5-2-6-12-22/h1-14,24-25H,15-20H2,(H,30,33). The van der Waals surface area contributed by atoms with E-state index in [2.05, 4.69) is 29.6 Å². The number of amides is 2. The fraction of sp³-hybridized carbons (Fsp3) is 0.286. The van der Waals surface area contributed by atoms with Crippen molar-refractivity contribution in [2.24, 2.45) is 5.92 Å². The number of carbonyl (C=O) groups is 2. The Hall–Kier alpha value is -3.47. The summed E-state index contributed by atoms with van der Waals surface area (Å²) in [5.74, 6) is -0.485. The Morgan fingerprint density at radius 2 is 1.55 bits per heavy atom. The van der Waals surface area contributed by atoms with Gasteiger partial charge in [-0.2, -0.15) is 0 Å². The van der Waals surface area contributed by atoms with Crippen LogP contribution in [0.25, 0.3) is 0 Å². The van der Waals surface area contributed by atoms with Crippen molar-refractivity contribution in [3.63, 3.8) is 0 Å². The molecule has 1 heterocycles. The van der Waals surface area contributed by atoms with E-state index in [9.17, 15) is 14.0 Å². The summed E-state index contributed by atoms with van der Waals surface area (Å²) in [6.45, 7) is 1.06. The Morgan fingerprint density at radius 3 is 2.18 bits per heavy atom. The van der Waals surface area contributed by atoms with E-state index in [0.29, 0.717) is 31.5 Å². The molecule has 0 aromatic heterocycles. The van der Waals surface area contributed by atoms with E-state index in [1.807, 2.05) is 36.4 Å². The van der Waals surface area contributed by atoms with Crippen LogP contribution >= 0.6 is 0 Å². The van der Waals surface area contributed by atoms with E-state index in [1.165, 1.54) is 17.2 Å². The molecule has 0 saturated carbocycles. The molecule has 1 aliphatic rings. The minimum absolute atomic E-state index is 0.0319. The van der Waals surface area contributed by atoms with Gasteiger partial charge in [0, 0.05) is 37.5 Å². The first-order valence-electron chi connectivity index (χ1n) is 11.5. The zero-order valence-electron chi connectivity index (χ0n) is 18.6. The predicted molar refractivity (Wildman–Crippen MR) is 127 cm³/mol. The smallest absolute Gasteiger partial charge is 0.224 e. The third-order valence-corrected chi connectivity index (χ3v) is 6.33. The van der Waals surface area contributed by atoms with Crippen molar-refractivity contribution >= 4 is 11.8 Å². The largest absolute Gasteiger partial charge is 0.356 e. The Labute approximate surface area is 194 Å². The van der Waals surface area contributed by atoms with Gasteiger partial charge in [0.25, 0.3) is 0 Å². The van der Waals surface area contributed by atoms with Gasteiger partial charge >= 0.3 is 0 Å². The molecule has 1 saturated heterocycles. The fourth-order valence-electron chi connectivity index (χ4n) is 4.49. The molecule has 1 N–H and O–H groups in total. The maximum absolute atomic E-state index is 14.0. The van der Waals surface area contributed by atoms with Gasteiger partial charge < -0.3 is 10.2 Å². The molecule has 170 valence electrons. The van der Waals surface area contributed by atoms with Crippen LogP contribution in [0.5, 0.6) is 0 Å². The number of piperidine rings is 1. The van der Waals surface area contributed by atoms with Gasteiger partial charge in [-0.1, -0.05) is 78.9 Å². The van der Waals surface area contributed by atoms with Crippen molar-refractivity contribution in [3.8, 4) is 0 Å². The van der Waals surface area contributed by atoms with Crippen molar-refractivity contribution in [1.82, 2.24) is 10.2 Å². The van der Waals surface area contributed by atoms with Crippen LogP contribution in [0.2, 0.25) is 0 Å². The molecule has 1 atom stereocenters. The Balaban J connectivity index is 1.35. The van der Waals surface area contributed by atoms with Crippen molar-refractivity contribution < 1.29 is 14.0 Å². The summed E-state index contributed by atoms with van der Waals surface area (Å²) in [5, 5.41) is 3.08. The van der Waals surface area contributed by atoms with Crippen molar-refractivity contribution in [3.05, 3.63) is 107 Å². The first kappa shape index (κ1) is 22.7. The van der Waals surface area contributed by atoms with Gasteiger partial charge in [0.2, 0.25) is 11.8 Å². The van der Waals surface area contributed by atoms with Crippen molar-refractivity contribution in [1.29, 1.82) is 0 Å². The normalized spacial score (nSPS) is 16.1. The molecule has 0 spiro atoms. The van der Waals surface area contributed by atoms with Crippen molar-refractivity contribution in [2.75, 3.05) is 13.1 Å². The number of carbonyl (C=O) groups excluding carboxylic acids is 2. The Bertz CT molecular complexity index is 1030. The average molecular weight is 445 g/mol. The average Bonchev–Trinajstić information content (AvgIpc) is 2.85. The number of halogens is 1. The predicted octanol–water partition coefficient (Wildman–Crippen LogP) is 4.90. The number of nitrogens with one attached hydrogen (secondary N) is 1. The molecular formula is C28H29FN2O2. The maximum Gasteiger partial charge on any atom is 0.224 e. The molecule has 5 heteroatoms. The second-order valence-corrected chi connectivity index (χ2v) is 8.55. The van der Waals surface area contributed by atoms with E-state index in [0.717, 1.165) is 6.42 Å². The topological polar surface area (TPSA) is 49.4 Å². The van der Waals surface area contributed by atoms with Crippen LogP contribution in [0.15, 0.2) is 84.9 Å². The van der Waals surface area contributed by atoms with Gasteiger partial charge in [-0.25, -0.2) is 4.39 Å². The number of hydrogen-bond donors (Lipinski definition) is 1. The summed E-state index contributed by atoms with van der Waals surface area (Å²) in [5.41, 5.74) is 2.91. The number of likely N-dealkylation sites (tertiary alicyclic amines) is 1. The third-order valence-electron chi connectivity index (χ3n) is 6.33. The lowest BCUT2D eigenvalue weighted by Crippen LogP contribution is -2.45. The van der Waals surface area contributed by atoms with Gasteiger partial charge in [-0.05, 0) is 30.0 Å². The van der Waals surface area contributed by atoms with Gasteiger partial charge in [-0.3, -0.25) is 9.59 Å². The Morgan fingerprint density at radius 1 is 0.939 bits per heavy atom. The molecule has 2 amide bonds. The lowest BCUT2D eigenvalue weighted by molar-refractivity contribution is -0.138. The van der Waals surface area contributed by atoms with Crippen LogP contribution in [-0.4, -0.2) is 29.8 Å². The first-order chi connectivity index (χ1) is 16.1. The van der Waals surface area contributed by atoms with Gasteiger partial charge in [0.15, 0.2) is 0 Å². The van der Waals surface area contributed by atoms with E-state index in [4.69, 9.17) is 0 Å². The van der Waals surface area contributed by atoms with Crippen LogP contribution in [-0.2, 0) is 16.1 Å². The van der Waals surface area contributed by atoms with Gasteiger partial charge in [0.1, 0.15) is 5.82 Å². The van der Waals surface area contributed by atoms with E-state index in [-0.39, 0.29) is 36.0 Å². The Kier molecular flexibility index (Phi) is 7.51. The van der Waals surface area contributed by atoms with Crippen LogP contribution in [0.1, 0.15) is 41.9 Å². The molecule has 3 aromatic carbocycles. The lowest BCUT2D eigenvalue weighted by atomic mass is 9.88. The fourth-order valence-corrected chi connectivity index (χ4v) is 4.49. The molecule has 3 aromatic rings. The highest BCUT2D eigenvalue weighted by Crippen LogP contribution is 2.27. The minimum atomic E-state index is -0.329. The number of rotatable bonds is 8. The molecule has 4 rings (SSSR count). The summed E-state index contributed by atoms with van der Waals surface area (Å²) in [7, 11) is 0. The SMILES string of the molecule is O=C(NCCC(c1ccccc1)c1ccccc1)C1CCC(=O)N(Cc2ccccc2F)C1. The molecule has 1 fully saturated rings. The van der Waals surface area contributed by atoms with E-state index < -0.39 is 0 Å². The molecule has 0 bridgehead atoms. The highest BCUT2D eigenvalue weighted by molar-refractivity contribution is 5.83. The molecule has 0 aliphatic carbocycles. The van der Waals surface area contributed by atoms with Crippen LogP contribution < -0.4 is 5.32 Å². The van der Waals surface area contributed by atoms with Crippen molar-refractivity contribution in [2.45, 2.75) is 31.7 Å². The molecule has 0 radical (unpaired) electrons. The molecule has 4 nitrogen and oxygen atoms in total. The maximum atomic E-state index is 14.0. The second-order valence-electron chi connectivity index (χ2n) is 8.55. The summed E-state index contributed by atoms with van der Waals surface area (Å²) in [4.78, 5) is 26.9. The van der Waals surface area contributed by atoms with Crippen LogP contribution in [0.3, 0.4) is 0 Å². The quantitative estimate of drug-likeness (QED) is 0.537. The second kappa shape index (κ2) is 10.9. The monoisotopic (exact) mass is 444 g/mol. The minimum Gasteiger partial charge on any atom is -0.356 e. The zero-order chi connectivity index (χ0) is 23.0. The number of hydrogen-bond acceptors (Lipinski definition) is 2. The number of benzene rings is 3. The molecule has 1 unspecified atom stereocenters. The van der Waals surface area contributed by atoms with Gasteiger partial charge in [-0.15, -0.1) is 0 Å². The van der Waals surface area contributed by atoms with E-state index >= 15 is 0 Å². The molecule has 33 heavy (non-hydrogen) atoms. The molecule has 1 aliphatic heterocycles. The summed E-state index contributed by atoms with van der Waals surface area (Å²) in [6.07, 6.45) is 1.62. The van der Waals surface area contributed by atoms with Crippen LogP contribution in [0, 0.1) is 11.7 Å². The lowest BCUT2D eigenvalue weighted by Gasteiger charge is -2.32. The number of nitrogens with zero attached hydrogens (tertiary/aromatic N) is 1.